The van der Waals surface area contributed by atoms with Gasteiger partial charge in [0.2, 0.25) is 0 Å². The Balaban J connectivity index is 1.42. The Morgan fingerprint density at radius 2 is 1.76 bits per heavy atom. The summed E-state index contributed by atoms with van der Waals surface area (Å²) in [4.78, 5) is 31.5. The van der Waals surface area contributed by atoms with Crippen LogP contribution < -0.4 is 5.32 Å². The van der Waals surface area contributed by atoms with Gasteiger partial charge in [-0.15, -0.1) is 0 Å². The fraction of sp³-hybridized carbons (Fsp3) is 0.231. The third-order valence-corrected chi connectivity index (χ3v) is 6.24. The van der Waals surface area contributed by atoms with Crippen LogP contribution in [0.5, 0.6) is 0 Å². The molecule has 0 unspecified atom stereocenters. The molecule has 1 fully saturated rings. The van der Waals surface area contributed by atoms with Gasteiger partial charge in [-0.25, -0.2) is 4.98 Å². The number of hydrogen-bond acceptors (Lipinski definition) is 4. The SMILES string of the molecule is Cc1ccc(C(=O)N2CCC(c3ccc(C#N)cc3)CC2)cc1NC(=O)c1ccc(Cl)nc1. The first-order valence-electron chi connectivity index (χ1n) is 10.8. The highest BCUT2D eigenvalue weighted by atomic mass is 35.5. The van der Waals surface area contributed by atoms with E-state index in [1.807, 2.05) is 42.2 Å². The van der Waals surface area contributed by atoms with Crippen LogP contribution >= 0.6 is 11.6 Å². The second-order valence-corrected chi connectivity index (χ2v) is 8.54. The van der Waals surface area contributed by atoms with E-state index in [0.29, 0.717) is 46.5 Å². The number of likely N-dealkylation sites (tertiary alicyclic amines) is 1. The second-order valence-electron chi connectivity index (χ2n) is 8.15. The van der Waals surface area contributed by atoms with E-state index in [1.165, 1.54) is 11.8 Å². The van der Waals surface area contributed by atoms with Gasteiger partial charge in [0.1, 0.15) is 5.15 Å². The molecule has 0 saturated carbocycles. The first-order chi connectivity index (χ1) is 15.9. The third kappa shape index (κ3) is 5.21. The van der Waals surface area contributed by atoms with E-state index >= 15 is 0 Å². The summed E-state index contributed by atoms with van der Waals surface area (Å²) in [6.07, 6.45) is 3.16. The van der Waals surface area contributed by atoms with Crippen LogP contribution in [0.4, 0.5) is 5.69 Å². The molecule has 2 aromatic carbocycles. The van der Waals surface area contributed by atoms with Crippen LogP contribution in [-0.4, -0.2) is 34.8 Å². The molecule has 1 N–H and O–H groups in total. The van der Waals surface area contributed by atoms with E-state index in [1.54, 1.807) is 24.3 Å². The van der Waals surface area contributed by atoms with Crippen molar-refractivity contribution in [3.63, 3.8) is 0 Å². The van der Waals surface area contributed by atoms with Crippen molar-refractivity contribution in [2.75, 3.05) is 18.4 Å². The molecule has 7 heteroatoms. The minimum atomic E-state index is -0.310. The number of carbonyl (C=O) groups is 2. The Hall–Kier alpha value is -3.69. The number of piperidine rings is 1. The summed E-state index contributed by atoms with van der Waals surface area (Å²) >= 11 is 5.79. The van der Waals surface area contributed by atoms with Crippen LogP contribution in [-0.2, 0) is 0 Å². The normalized spacial score (nSPS) is 13.9. The molecule has 0 bridgehead atoms. The lowest BCUT2D eigenvalue weighted by atomic mass is 9.89. The third-order valence-electron chi connectivity index (χ3n) is 6.02. The van der Waals surface area contributed by atoms with Crippen molar-refractivity contribution >= 4 is 29.1 Å². The van der Waals surface area contributed by atoms with Crippen molar-refractivity contribution in [2.24, 2.45) is 0 Å². The monoisotopic (exact) mass is 458 g/mol. The molecule has 0 atom stereocenters. The maximum Gasteiger partial charge on any atom is 0.257 e. The van der Waals surface area contributed by atoms with E-state index in [0.717, 1.165) is 18.4 Å². The lowest BCUT2D eigenvalue weighted by molar-refractivity contribution is 0.0712. The van der Waals surface area contributed by atoms with Crippen molar-refractivity contribution < 1.29 is 9.59 Å². The maximum atomic E-state index is 13.1. The summed E-state index contributed by atoms with van der Waals surface area (Å²) in [6.45, 7) is 3.21. The van der Waals surface area contributed by atoms with Gasteiger partial charge >= 0.3 is 0 Å². The number of nitriles is 1. The van der Waals surface area contributed by atoms with Gasteiger partial charge in [0.05, 0.1) is 17.2 Å². The summed E-state index contributed by atoms with van der Waals surface area (Å²) in [7, 11) is 0. The topological polar surface area (TPSA) is 86.1 Å². The second kappa shape index (κ2) is 9.85. The highest BCUT2D eigenvalue weighted by Crippen LogP contribution is 2.29. The number of benzene rings is 2. The molecular formula is C26H23ClN4O2. The number of pyridine rings is 1. The quantitative estimate of drug-likeness (QED) is 0.545. The largest absolute Gasteiger partial charge is 0.339 e. The molecule has 1 aromatic heterocycles. The molecule has 4 rings (SSSR count). The fourth-order valence-electron chi connectivity index (χ4n) is 4.02. The van der Waals surface area contributed by atoms with Crippen LogP contribution in [0.1, 0.15) is 56.2 Å². The molecule has 3 aromatic rings. The van der Waals surface area contributed by atoms with Crippen LogP contribution in [0.15, 0.2) is 60.8 Å². The number of rotatable bonds is 4. The molecule has 0 radical (unpaired) electrons. The number of nitrogens with one attached hydrogen (secondary N) is 1. The lowest BCUT2D eigenvalue weighted by Gasteiger charge is -2.32. The molecule has 2 heterocycles. The van der Waals surface area contributed by atoms with Crippen LogP contribution in [0, 0.1) is 18.3 Å². The summed E-state index contributed by atoms with van der Waals surface area (Å²) in [5.74, 6) is 0.0229. The van der Waals surface area contributed by atoms with Gasteiger partial charge in [-0.2, -0.15) is 5.26 Å². The number of halogens is 1. The average molecular weight is 459 g/mol. The summed E-state index contributed by atoms with van der Waals surface area (Å²) in [5, 5.41) is 12.2. The van der Waals surface area contributed by atoms with E-state index in [9.17, 15) is 9.59 Å². The molecule has 6 nitrogen and oxygen atoms in total. The Labute approximate surface area is 197 Å². The summed E-state index contributed by atoms with van der Waals surface area (Å²) in [5.41, 5.74) is 4.25. The van der Waals surface area contributed by atoms with Gasteiger partial charge in [-0.05, 0) is 73.2 Å². The number of carbonyl (C=O) groups excluding carboxylic acids is 2. The van der Waals surface area contributed by atoms with Crippen LogP contribution in [0.2, 0.25) is 5.15 Å². The summed E-state index contributed by atoms with van der Waals surface area (Å²) in [6, 6.07) is 18.4. The van der Waals surface area contributed by atoms with Gasteiger partial charge in [0.15, 0.2) is 0 Å². The minimum Gasteiger partial charge on any atom is -0.339 e. The van der Waals surface area contributed by atoms with Gasteiger partial charge in [0, 0.05) is 30.5 Å². The minimum absolute atomic E-state index is 0.0445. The van der Waals surface area contributed by atoms with Crippen molar-refractivity contribution in [3.8, 4) is 6.07 Å². The number of aromatic nitrogens is 1. The number of anilines is 1. The molecule has 0 spiro atoms. The highest BCUT2D eigenvalue weighted by Gasteiger charge is 2.25. The van der Waals surface area contributed by atoms with E-state index < -0.39 is 0 Å². The molecule has 1 aliphatic heterocycles. The fourth-order valence-corrected chi connectivity index (χ4v) is 4.13. The maximum absolute atomic E-state index is 13.1. The number of nitrogens with zero attached hydrogens (tertiary/aromatic N) is 3. The lowest BCUT2D eigenvalue weighted by Crippen LogP contribution is -2.38. The van der Waals surface area contributed by atoms with Gasteiger partial charge in [-0.3, -0.25) is 9.59 Å². The Morgan fingerprint density at radius 1 is 1.06 bits per heavy atom. The van der Waals surface area contributed by atoms with E-state index in [2.05, 4.69) is 16.4 Å². The molecule has 1 saturated heterocycles. The number of hydrogen-bond donors (Lipinski definition) is 1. The molecular weight excluding hydrogens is 436 g/mol. The Morgan fingerprint density at radius 3 is 2.39 bits per heavy atom. The standard InChI is InChI=1S/C26H23ClN4O2/c1-17-2-5-21(14-23(17)30-25(32)22-8-9-24(27)29-16-22)26(33)31-12-10-20(11-13-31)19-6-3-18(15-28)4-7-19/h2-9,14,16,20H,10-13H2,1H3,(H,30,32). The van der Waals surface area contributed by atoms with E-state index in [4.69, 9.17) is 16.9 Å². The van der Waals surface area contributed by atoms with Gasteiger partial charge in [-0.1, -0.05) is 29.8 Å². The summed E-state index contributed by atoms with van der Waals surface area (Å²) < 4.78 is 0. The van der Waals surface area contributed by atoms with Crippen molar-refractivity contribution in [2.45, 2.75) is 25.7 Å². The zero-order valence-corrected chi connectivity index (χ0v) is 19.0. The molecule has 0 aliphatic carbocycles. The smallest absolute Gasteiger partial charge is 0.257 e. The van der Waals surface area contributed by atoms with E-state index in [-0.39, 0.29) is 11.8 Å². The first-order valence-corrected chi connectivity index (χ1v) is 11.2. The van der Waals surface area contributed by atoms with Gasteiger partial charge < -0.3 is 10.2 Å². The Kier molecular flexibility index (Phi) is 6.71. The zero-order chi connectivity index (χ0) is 23.4. The predicted octanol–water partition coefficient (Wildman–Crippen LogP) is 5.19. The molecule has 166 valence electrons. The zero-order valence-electron chi connectivity index (χ0n) is 18.2. The van der Waals surface area contributed by atoms with Crippen molar-refractivity contribution in [1.82, 2.24) is 9.88 Å². The Bertz CT molecular complexity index is 1210. The highest BCUT2D eigenvalue weighted by molar-refractivity contribution is 6.29. The number of amides is 2. The first kappa shape index (κ1) is 22.5. The van der Waals surface area contributed by atoms with Crippen molar-refractivity contribution in [3.05, 3.63) is 93.8 Å². The van der Waals surface area contributed by atoms with Crippen LogP contribution in [0.3, 0.4) is 0 Å². The number of aryl methyl sites for hydroxylation is 1. The molecule has 1 aliphatic rings. The molecule has 2 amide bonds. The van der Waals surface area contributed by atoms with Gasteiger partial charge in [0.25, 0.3) is 11.8 Å². The average Bonchev–Trinajstić information content (AvgIpc) is 2.85. The van der Waals surface area contributed by atoms with Crippen LogP contribution in [0.25, 0.3) is 0 Å². The predicted molar refractivity (Wildman–Crippen MR) is 127 cm³/mol. The molecule has 33 heavy (non-hydrogen) atoms. The van der Waals surface area contributed by atoms with Crippen molar-refractivity contribution in [1.29, 1.82) is 5.26 Å².